The van der Waals surface area contributed by atoms with Crippen molar-refractivity contribution in [2.45, 2.75) is 88.7 Å². The minimum Gasteiger partial charge on any atom is -0.421 e. The van der Waals surface area contributed by atoms with Crippen molar-refractivity contribution in [3.8, 4) is 0 Å². The van der Waals surface area contributed by atoms with Gasteiger partial charge in [-0.15, -0.1) is 0 Å². The molecule has 14 heteroatoms. The van der Waals surface area contributed by atoms with E-state index in [4.69, 9.17) is 0 Å². The normalized spacial score (nSPS) is 12.8. The maximum atomic E-state index is 11.4. The molecule has 1 aromatic heterocycles. The fourth-order valence-corrected chi connectivity index (χ4v) is 4.29. The Labute approximate surface area is 191 Å². The largest absolute Gasteiger partial charge is 0.480 e. The van der Waals surface area contributed by atoms with Gasteiger partial charge in [0, 0.05) is 18.6 Å². The Kier molecular flexibility index (Phi) is 14.1. The third kappa shape index (κ3) is 13.8. The smallest absolute Gasteiger partial charge is 0.421 e. The molecule has 0 unspecified atom stereocenters. The van der Waals surface area contributed by atoms with Gasteiger partial charge in [-0.2, -0.15) is 26.3 Å². The Balaban J connectivity index is 0.000000633. The lowest BCUT2D eigenvalue weighted by molar-refractivity contribution is -0.697. The summed E-state index contributed by atoms with van der Waals surface area (Å²) in [6.45, 7) is 3.46. The second-order valence-electron chi connectivity index (χ2n) is 7.21. The summed E-state index contributed by atoms with van der Waals surface area (Å²) < 4.78 is 111. The number of hydrogen-bond donors (Lipinski definition) is 0. The first-order valence-electron chi connectivity index (χ1n) is 10.4. The van der Waals surface area contributed by atoms with Crippen molar-refractivity contribution in [2.24, 2.45) is 0 Å². The van der Waals surface area contributed by atoms with Crippen LogP contribution in [0.15, 0.2) is 30.6 Å². The molecule has 0 aliphatic heterocycles. The first kappa shape index (κ1) is 31.6. The maximum absolute atomic E-state index is 11.4. The highest BCUT2D eigenvalue weighted by atomic mass is 32.3. The molecule has 0 radical (unpaired) electrons. The topological polar surface area (TPSA) is 86.3 Å². The molecule has 0 aliphatic carbocycles. The first-order chi connectivity index (χ1) is 15.1. The van der Waals surface area contributed by atoms with E-state index in [0.29, 0.717) is 0 Å². The lowest BCUT2D eigenvalue weighted by atomic mass is 10.1. The molecule has 1 heterocycles. The van der Waals surface area contributed by atoms with E-state index in [1.54, 1.807) is 0 Å². The molecule has 0 bridgehead atoms. The Bertz CT molecular complexity index is 817. The molecule has 0 spiro atoms. The van der Waals surface area contributed by atoms with E-state index in [-0.39, 0.29) is 0 Å². The van der Waals surface area contributed by atoms with Crippen molar-refractivity contribution in [3.63, 3.8) is 0 Å². The molecule has 0 saturated carbocycles. The Morgan fingerprint density at radius 2 is 1.00 bits per heavy atom. The minimum atomic E-state index is -6.72. The van der Waals surface area contributed by atoms with Gasteiger partial charge in [-0.1, -0.05) is 64.4 Å². The van der Waals surface area contributed by atoms with Crippen LogP contribution in [0.1, 0.15) is 71.1 Å². The van der Waals surface area contributed by atoms with E-state index in [1.807, 2.05) is 0 Å². The van der Waals surface area contributed by atoms with E-state index in [0.717, 1.165) is 4.13 Å². The first-order valence-corrected chi connectivity index (χ1v) is 13.3. The highest BCUT2D eigenvalue weighted by molar-refractivity contribution is 8.13. The predicted molar refractivity (Wildman–Crippen MR) is 112 cm³/mol. The molecule has 0 fully saturated rings. The van der Waals surface area contributed by atoms with E-state index in [1.165, 1.54) is 70.8 Å². The highest BCUT2D eigenvalue weighted by Crippen LogP contribution is 2.36. The summed E-state index contributed by atoms with van der Waals surface area (Å²) in [5.74, 6) is 0. The number of aromatic nitrogens is 1. The van der Waals surface area contributed by atoms with Gasteiger partial charge in [-0.3, -0.25) is 0 Å². The van der Waals surface area contributed by atoms with Crippen LogP contribution in [0.25, 0.3) is 4.13 Å². The van der Waals surface area contributed by atoms with Gasteiger partial charge in [0.05, 0.1) is 0 Å². The Morgan fingerprint density at radius 3 is 1.36 bits per heavy atom. The van der Waals surface area contributed by atoms with Crippen molar-refractivity contribution in [1.29, 1.82) is 0 Å². The van der Waals surface area contributed by atoms with Crippen LogP contribution >= 0.6 is 0 Å². The van der Waals surface area contributed by atoms with Crippen LogP contribution in [0.4, 0.5) is 26.3 Å². The SMILES string of the molecule is CCCCCCCCCCCC[n+]1ccccc1.O=S(=O)([N-]S(=O)(=O)C(F)(F)F)C(F)(F)F. The lowest BCUT2D eigenvalue weighted by Crippen LogP contribution is -2.32. The molecule has 33 heavy (non-hydrogen) atoms. The third-order valence-electron chi connectivity index (χ3n) is 4.33. The second-order valence-corrected chi connectivity index (χ2v) is 10.6. The van der Waals surface area contributed by atoms with Gasteiger partial charge in [0.15, 0.2) is 32.4 Å². The zero-order valence-electron chi connectivity index (χ0n) is 18.3. The van der Waals surface area contributed by atoms with Crippen LogP contribution in [0, 0.1) is 0 Å². The molecule has 0 aromatic carbocycles. The average molecular weight is 529 g/mol. The number of hydrogen-bond acceptors (Lipinski definition) is 4. The van der Waals surface area contributed by atoms with Gasteiger partial charge in [-0.05, 0) is 6.42 Å². The number of nitrogens with zero attached hydrogens (tertiary/aromatic N) is 2. The molecular formula is C19H30F6N2O4S2. The standard InChI is InChI=1S/C17H30N.C2F6NO4S2/c1-2-3-4-5-6-7-8-9-10-12-15-18-16-13-11-14-17-18;3-1(4,5)14(10,11)9-15(12,13)2(6,7)8/h11,13-14,16-17H,2-10,12,15H2,1H3;/q+1;-1. The molecule has 0 amide bonds. The molecule has 6 nitrogen and oxygen atoms in total. The fourth-order valence-electron chi connectivity index (χ4n) is 2.58. The van der Waals surface area contributed by atoms with Crippen molar-refractivity contribution >= 4 is 20.0 Å². The van der Waals surface area contributed by atoms with Gasteiger partial charge in [0.25, 0.3) is 0 Å². The summed E-state index contributed by atoms with van der Waals surface area (Å²) in [6.07, 6.45) is 18.5. The molecule has 0 saturated heterocycles. The van der Waals surface area contributed by atoms with Crippen LogP contribution < -0.4 is 4.57 Å². The summed E-state index contributed by atoms with van der Waals surface area (Å²) in [5, 5.41) is 0. The molecule has 0 N–H and O–H groups in total. The summed E-state index contributed by atoms with van der Waals surface area (Å²) in [7, 11) is -13.4. The second kappa shape index (κ2) is 14.8. The molecule has 0 aliphatic rings. The number of aryl methyl sites for hydroxylation is 1. The summed E-state index contributed by atoms with van der Waals surface area (Å²) >= 11 is 0. The van der Waals surface area contributed by atoms with Crippen LogP contribution in [0.5, 0.6) is 0 Å². The lowest BCUT2D eigenvalue weighted by Gasteiger charge is -2.22. The summed E-state index contributed by atoms with van der Waals surface area (Å²) in [6, 6.07) is 6.29. The number of pyridine rings is 1. The molecule has 0 atom stereocenters. The van der Waals surface area contributed by atoms with Gasteiger partial charge < -0.3 is 4.13 Å². The monoisotopic (exact) mass is 528 g/mol. The van der Waals surface area contributed by atoms with E-state index < -0.39 is 31.1 Å². The zero-order valence-corrected chi connectivity index (χ0v) is 19.9. The van der Waals surface area contributed by atoms with Gasteiger partial charge >= 0.3 is 11.0 Å². The van der Waals surface area contributed by atoms with Crippen molar-refractivity contribution in [1.82, 2.24) is 0 Å². The van der Waals surface area contributed by atoms with Gasteiger partial charge in [-0.25, -0.2) is 21.4 Å². The van der Waals surface area contributed by atoms with Crippen molar-refractivity contribution in [3.05, 3.63) is 34.7 Å². The highest BCUT2D eigenvalue weighted by Gasteiger charge is 2.46. The number of rotatable bonds is 13. The molecular weight excluding hydrogens is 498 g/mol. The summed E-state index contributed by atoms with van der Waals surface area (Å²) in [4.78, 5) is 0. The van der Waals surface area contributed by atoms with E-state index in [2.05, 4.69) is 42.1 Å². The predicted octanol–water partition coefficient (Wildman–Crippen LogP) is 5.95. The van der Waals surface area contributed by atoms with E-state index >= 15 is 0 Å². The Hall–Kier alpha value is -1.41. The maximum Gasteiger partial charge on any atom is 0.480 e. The quantitative estimate of drug-likeness (QED) is 0.180. The van der Waals surface area contributed by atoms with Gasteiger partial charge in [0.1, 0.15) is 6.54 Å². The van der Waals surface area contributed by atoms with Crippen LogP contribution in [0.3, 0.4) is 0 Å². The fraction of sp³-hybridized carbons (Fsp3) is 0.737. The van der Waals surface area contributed by atoms with Crippen molar-refractivity contribution in [2.75, 3.05) is 0 Å². The minimum absolute atomic E-state index is 0.778. The van der Waals surface area contributed by atoms with Crippen LogP contribution in [0.2, 0.25) is 0 Å². The van der Waals surface area contributed by atoms with Crippen LogP contribution in [-0.4, -0.2) is 27.9 Å². The molecule has 1 rings (SSSR count). The Morgan fingerprint density at radius 1 is 0.636 bits per heavy atom. The van der Waals surface area contributed by atoms with Crippen LogP contribution in [-0.2, 0) is 26.6 Å². The van der Waals surface area contributed by atoms with Gasteiger partial charge in [0.2, 0.25) is 0 Å². The number of alkyl halides is 6. The zero-order chi connectivity index (χ0) is 25.6. The third-order valence-corrected chi connectivity index (χ3v) is 7.07. The van der Waals surface area contributed by atoms with Crippen molar-refractivity contribution < 1.29 is 47.7 Å². The number of unbranched alkanes of at least 4 members (excludes halogenated alkanes) is 9. The summed E-state index contributed by atoms with van der Waals surface area (Å²) in [5.41, 5.74) is -12.4. The number of halogens is 6. The number of sulfonamides is 2. The average Bonchev–Trinajstić information content (AvgIpc) is 2.68. The molecule has 1 aromatic rings. The molecule has 194 valence electrons. The van der Waals surface area contributed by atoms with E-state index in [9.17, 15) is 43.2 Å².